The molecule has 3 aromatic rings. The molecule has 6 heteroatoms. The van der Waals surface area contributed by atoms with Gasteiger partial charge in [-0.15, -0.1) is 11.3 Å². The second-order valence-electron chi connectivity index (χ2n) is 6.83. The topological polar surface area (TPSA) is 19.4 Å². The first kappa shape index (κ1) is 16.1. The molecular weight excluding hydrogens is 369 g/mol. The molecule has 132 valence electrons. The Labute approximate surface area is 160 Å². The van der Waals surface area contributed by atoms with Crippen LogP contribution in [0.5, 0.6) is 0 Å². The van der Waals surface area contributed by atoms with Crippen molar-refractivity contribution in [2.75, 3.05) is 11.4 Å². The molecule has 0 bridgehead atoms. The highest BCUT2D eigenvalue weighted by atomic mass is 35.5. The van der Waals surface area contributed by atoms with Crippen LogP contribution in [-0.4, -0.2) is 16.4 Å². The highest BCUT2D eigenvalue weighted by Crippen LogP contribution is 2.45. The summed E-state index contributed by atoms with van der Waals surface area (Å²) in [7, 11) is 0. The fourth-order valence-electron chi connectivity index (χ4n) is 3.93. The highest BCUT2D eigenvalue weighted by molar-refractivity contribution is 7.16. The van der Waals surface area contributed by atoms with Gasteiger partial charge in [0.05, 0.1) is 26.4 Å². The summed E-state index contributed by atoms with van der Waals surface area (Å²) in [6.45, 7) is 2.80. The van der Waals surface area contributed by atoms with Crippen LogP contribution in [0.2, 0.25) is 5.02 Å². The molecule has 3 heterocycles. The predicted octanol–water partition coefficient (Wildman–Crippen LogP) is 5.85. The summed E-state index contributed by atoms with van der Waals surface area (Å²) in [6, 6.07) is 9.68. The van der Waals surface area contributed by atoms with Gasteiger partial charge in [0.2, 0.25) is 0 Å². The molecule has 0 radical (unpaired) electrons. The van der Waals surface area contributed by atoms with E-state index in [1.54, 1.807) is 18.3 Å². The van der Waals surface area contributed by atoms with Crippen molar-refractivity contribution in [2.45, 2.75) is 25.9 Å². The molecule has 0 N–H and O–H groups in total. The Morgan fingerprint density at radius 2 is 2.15 bits per heavy atom. The van der Waals surface area contributed by atoms with Gasteiger partial charge in [-0.3, -0.25) is 0 Å². The van der Waals surface area contributed by atoms with Crippen LogP contribution in [0.1, 0.15) is 30.1 Å². The molecule has 2 aliphatic heterocycles. The van der Waals surface area contributed by atoms with Crippen molar-refractivity contribution in [3.8, 4) is 0 Å². The van der Waals surface area contributed by atoms with Gasteiger partial charge in [-0.1, -0.05) is 17.7 Å². The third-order valence-electron chi connectivity index (χ3n) is 5.21. The molecule has 1 fully saturated rings. The Morgan fingerprint density at radius 1 is 1.27 bits per heavy atom. The summed E-state index contributed by atoms with van der Waals surface area (Å²) in [5.74, 6) is -0.270. The fourth-order valence-corrected chi connectivity index (χ4v) is 4.90. The molecule has 2 aromatic carbocycles. The van der Waals surface area contributed by atoms with Crippen LogP contribution >= 0.6 is 22.9 Å². The van der Waals surface area contributed by atoms with Crippen molar-refractivity contribution in [2.24, 2.45) is 0 Å². The van der Waals surface area contributed by atoms with Crippen molar-refractivity contribution < 1.29 is 4.39 Å². The molecule has 0 saturated carbocycles. The number of anilines is 1. The van der Waals surface area contributed by atoms with E-state index in [0.29, 0.717) is 10.6 Å². The van der Waals surface area contributed by atoms with Crippen LogP contribution in [0.15, 0.2) is 47.7 Å². The quantitative estimate of drug-likeness (QED) is 0.551. The Kier molecular flexibility index (Phi) is 3.69. The minimum atomic E-state index is -0.270. The summed E-state index contributed by atoms with van der Waals surface area (Å²) in [5.41, 5.74) is 6.87. The van der Waals surface area contributed by atoms with E-state index in [2.05, 4.69) is 39.2 Å². The zero-order valence-electron chi connectivity index (χ0n) is 14.2. The van der Waals surface area contributed by atoms with Crippen molar-refractivity contribution in [1.29, 1.82) is 0 Å². The van der Waals surface area contributed by atoms with E-state index in [-0.39, 0.29) is 12.0 Å². The number of fused-ring (bicyclic) bond motifs is 2. The molecule has 1 aromatic heterocycles. The number of nitrogens with zero attached hydrogens (tertiary/aromatic N) is 3. The van der Waals surface area contributed by atoms with Crippen LogP contribution in [0.3, 0.4) is 0 Å². The van der Waals surface area contributed by atoms with Gasteiger partial charge >= 0.3 is 0 Å². The van der Waals surface area contributed by atoms with Gasteiger partial charge in [0.15, 0.2) is 0 Å². The first-order valence-corrected chi connectivity index (χ1v) is 9.92. The number of halogens is 2. The lowest BCUT2D eigenvalue weighted by molar-refractivity contribution is 0.319. The monoisotopic (exact) mass is 385 g/mol. The summed E-state index contributed by atoms with van der Waals surface area (Å²) < 4.78 is 15.1. The van der Waals surface area contributed by atoms with E-state index >= 15 is 0 Å². The zero-order valence-corrected chi connectivity index (χ0v) is 15.8. The van der Waals surface area contributed by atoms with E-state index in [1.165, 1.54) is 22.0 Å². The summed E-state index contributed by atoms with van der Waals surface area (Å²) >= 11 is 8.08. The smallest absolute Gasteiger partial charge is 0.132 e. The Bertz CT molecular complexity index is 1040. The van der Waals surface area contributed by atoms with Gasteiger partial charge in [-0.05, 0) is 55.2 Å². The molecule has 5 rings (SSSR count). The molecule has 0 amide bonds. The number of aryl methyl sites for hydroxylation is 1. The predicted molar refractivity (Wildman–Crippen MR) is 105 cm³/mol. The largest absolute Gasteiger partial charge is 0.349 e. The van der Waals surface area contributed by atoms with Gasteiger partial charge in [0.25, 0.3) is 0 Å². The van der Waals surface area contributed by atoms with Crippen molar-refractivity contribution in [3.05, 3.63) is 69.7 Å². The van der Waals surface area contributed by atoms with Gasteiger partial charge < -0.3 is 9.80 Å². The lowest BCUT2D eigenvalue weighted by Gasteiger charge is -2.33. The number of benzene rings is 2. The molecule has 1 unspecified atom stereocenters. The highest BCUT2D eigenvalue weighted by Gasteiger charge is 2.37. The SMILES string of the molecule is Cc1cc(N2C=C3CCCN3C2c2ccc3ncsc3c2)c(Cl)cc1F. The van der Waals surface area contributed by atoms with E-state index < -0.39 is 0 Å². The van der Waals surface area contributed by atoms with Crippen LogP contribution in [0.4, 0.5) is 10.1 Å². The summed E-state index contributed by atoms with van der Waals surface area (Å²) in [5, 5.41) is 0.440. The van der Waals surface area contributed by atoms with Crippen LogP contribution in [0.25, 0.3) is 10.2 Å². The first-order chi connectivity index (χ1) is 12.6. The van der Waals surface area contributed by atoms with Crippen LogP contribution in [-0.2, 0) is 0 Å². The molecule has 2 aliphatic rings. The van der Waals surface area contributed by atoms with E-state index in [4.69, 9.17) is 11.6 Å². The normalized spacial score (nSPS) is 19.3. The number of aromatic nitrogens is 1. The molecule has 1 saturated heterocycles. The first-order valence-electron chi connectivity index (χ1n) is 8.66. The fraction of sp³-hybridized carbons (Fsp3) is 0.250. The average molecular weight is 386 g/mol. The van der Waals surface area contributed by atoms with E-state index in [9.17, 15) is 4.39 Å². The van der Waals surface area contributed by atoms with Gasteiger partial charge in [0, 0.05) is 18.4 Å². The molecule has 3 nitrogen and oxygen atoms in total. The van der Waals surface area contributed by atoms with Crippen LogP contribution in [0, 0.1) is 12.7 Å². The van der Waals surface area contributed by atoms with Crippen molar-refractivity contribution in [3.63, 3.8) is 0 Å². The minimum absolute atomic E-state index is 0.0429. The molecular formula is C20H17ClFN3S. The second-order valence-corrected chi connectivity index (χ2v) is 8.12. The standard InChI is InChI=1S/C20H17ClFN3S/c1-12-7-18(15(21)9-16(12)22)25-10-14-3-2-6-24(14)20(25)13-4-5-17-19(8-13)26-11-23-17/h4-5,7-11,20H,2-3,6H2,1H3. The van der Waals surface area contributed by atoms with E-state index in [1.807, 2.05) is 11.6 Å². The Hall–Kier alpha value is -2.11. The lowest BCUT2D eigenvalue weighted by atomic mass is 10.1. The maximum absolute atomic E-state index is 13.9. The van der Waals surface area contributed by atoms with Crippen molar-refractivity contribution in [1.82, 2.24) is 9.88 Å². The van der Waals surface area contributed by atoms with Gasteiger partial charge in [0.1, 0.15) is 12.0 Å². The number of allylic oxidation sites excluding steroid dienone is 1. The Morgan fingerprint density at radius 3 is 3.04 bits per heavy atom. The number of rotatable bonds is 2. The summed E-state index contributed by atoms with van der Waals surface area (Å²) in [4.78, 5) is 8.99. The average Bonchev–Trinajstić information content (AvgIpc) is 3.32. The molecule has 0 spiro atoms. The zero-order chi connectivity index (χ0) is 17.8. The maximum atomic E-state index is 13.9. The number of hydrogen-bond donors (Lipinski definition) is 0. The third-order valence-corrected chi connectivity index (χ3v) is 6.30. The Balaban J connectivity index is 1.65. The lowest BCUT2D eigenvalue weighted by Crippen LogP contribution is -2.30. The van der Waals surface area contributed by atoms with Crippen LogP contribution < -0.4 is 4.90 Å². The molecule has 1 atom stereocenters. The molecule has 0 aliphatic carbocycles. The second kappa shape index (κ2) is 5.96. The number of hydrogen-bond acceptors (Lipinski definition) is 4. The molecule has 26 heavy (non-hydrogen) atoms. The summed E-state index contributed by atoms with van der Waals surface area (Å²) in [6.07, 6.45) is 4.44. The third kappa shape index (κ3) is 2.42. The van der Waals surface area contributed by atoms with Gasteiger partial charge in [-0.2, -0.15) is 0 Å². The van der Waals surface area contributed by atoms with Gasteiger partial charge in [-0.25, -0.2) is 9.37 Å². The van der Waals surface area contributed by atoms with Crippen molar-refractivity contribution >= 4 is 38.8 Å². The minimum Gasteiger partial charge on any atom is -0.349 e. The van der Waals surface area contributed by atoms with E-state index in [0.717, 1.165) is 30.6 Å². The number of thiazole rings is 1. The maximum Gasteiger partial charge on any atom is 0.132 e.